The van der Waals surface area contributed by atoms with Gasteiger partial charge in [0.25, 0.3) is 0 Å². The predicted molar refractivity (Wildman–Crippen MR) is 124 cm³/mol. The van der Waals surface area contributed by atoms with Crippen LogP contribution in [-0.2, 0) is 22.6 Å². The zero-order chi connectivity index (χ0) is 22.4. The highest BCUT2D eigenvalue weighted by Crippen LogP contribution is 2.22. The number of aryl methyl sites for hydroxylation is 3. The number of nitrogens with zero attached hydrogens (tertiary/aromatic N) is 3. The third kappa shape index (κ3) is 5.73. The number of nitrogens with one attached hydrogen (secondary N) is 2. The first-order chi connectivity index (χ1) is 14.9. The van der Waals surface area contributed by atoms with Gasteiger partial charge in [0, 0.05) is 17.9 Å². The van der Waals surface area contributed by atoms with E-state index in [1.165, 1.54) is 11.8 Å². The van der Waals surface area contributed by atoms with Crippen LogP contribution in [0.3, 0.4) is 0 Å². The van der Waals surface area contributed by atoms with Crippen LogP contribution in [-0.4, -0.2) is 32.3 Å². The van der Waals surface area contributed by atoms with Gasteiger partial charge in [-0.1, -0.05) is 48.2 Å². The van der Waals surface area contributed by atoms with E-state index >= 15 is 0 Å². The topological polar surface area (TPSA) is 88.9 Å². The van der Waals surface area contributed by atoms with E-state index in [4.69, 9.17) is 0 Å². The first-order valence-electron chi connectivity index (χ1n) is 10.2. The molecule has 0 bridgehead atoms. The lowest BCUT2D eigenvalue weighted by Crippen LogP contribution is -2.18. The summed E-state index contributed by atoms with van der Waals surface area (Å²) < 4.78 is 1.87. The Morgan fingerprint density at radius 1 is 0.903 bits per heavy atom. The van der Waals surface area contributed by atoms with Gasteiger partial charge in [0.15, 0.2) is 5.16 Å². The van der Waals surface area contributed by atoms with Crippen LogP contribution in [0.2, 0.25) is 0 Å². The quantitative estimate of drug-likeness (QED) is 0.517. The second kappa shape index (κ2) is 10.3. The average molecular weight is 438 g/mol. The van der Waals surface area contributed by atoms with Crippen LogP contribution in [0.5, 0.6) is 0 Å². The highest BCUT2D eigenvalue weighted by Gasteiger charge is 2.17. The highest BCUT2D eigenvalue weighted by atomic mass is 32.2. The highest BCUT2D eigenvalue weighted by molar-refractivity contribution is 7.99. The van der Waals surface area contributed by atoms with Crippen molar-refractivity contribution in [3.63, 3.8) is 0 Å². The number of rotatable bonds is 8. The Kier molecular flexibility index (Phi) is 7.46. The number of carbonyl (C=O) groups excluding carboxylic acids is 2. The van der Waals surface area contributed by atoms with Crippen LogP contribution in [0, 0.1) is 20.8 Å². The molecule has 3 rings (SSSR count). The fourth-order valence-electron chi connectivity index (χ4n) is 3.24. The summed E-state index contributed by atoms with van der Waals surface area (Å²) in [5, 5.41) is 14.9. The van der Waals surface area contributed by atoms with Crippen LogP contribution in [0.4, 0.5) is 11.4 Å². The van der Waals surface area contributed by atoms with E-state index in [2.05, 4.69) is 20.8 Å². The maximum Gasteiger partial charge on any atom is 0.234 e. The maximum absolute atomic E-state index is 12.5. The smallest absolute Gasteiger partial charge is 0.234 e. The van der Waals surface area contributed by atoms with Crippen molar-refractivity contribution in [1.82, 2.24) is 14.8 Å². The summed E-state index contributed by atoms with van der Waals surface area (Å²) in [6.45, 7) is 8.46. The first kappa shape index (κ1) is 22.6. The first-order valence-corrected chi connectivity index (χ1v) is 11.1. The minimum Gasteiger partial charge on any atom is -0.325 e. The van der Waals surface area contributed by atoms with Gasteiger partial charge in [0.1, 0.15) is 5.82 Å². The molecule has 3 aromatic rings. The van der Waals surface area contributed by atoms with Gasteiger partial charge in [-0.05, 0) is 50.5 Å². The van der Waals surface area contributed by atoms with E-state index in [0.29, 0.717) is 17.5 Å². The lowest BCUT2D eigenvalue weighted by molar-refractivity contribution is -0.116. The second-order valence-corrected chi connectivity index (χ2v) is 8.23. The minimum atomic E-state index is -0.152. The number of benzene rings is 2. The minimum absolute atomic E-state index is 0.105. The number of amides is 2. The molecule has 0 aliphatic rings. The largest absolute Gasteiger partial charge is 0.325 e. The van der Waals surface area contributed by atoms with Gasteiger partial charge in [-0.3, -0.25) is 9.59 Å². The van der Waals surface area contributed by atoms with Gasteiger partial charge in [0.05, 0.1) is 12.2 Å². The van der Waals surface area contributed by atoms with Gasteiger partial charge in [-0.15, -0.1) is 10.2 Å². The Bertz CT molecular complexity index is 1070. The Morgan fingerprint density at radius 2 is 1.58 bits per heavy atom. The molecule has 2 N–H and O–H groups in total. The summed E-state index contributed by atoms with van der Waals surface area (Å²) in [6, 6.07) is 13.5. The molecule has 0 atom stereocenters. The Morgan fingerprint density at radius 3 is 2.26 bits per heavy atom. The number of hydrogen-bond donors (Lipinski definition) is 2. The molecule has 2 amide bonds. The zero-order valence-corrected chi connectivity index (χ0v) is 19.0. The van der Waals surface area contributed by atoms with Crippen molar-refractivity contribution in [3.8, 4) is 0 Å². The van der Waals surface area contributed by atoms with Crippen LogP contribution < -0.4 is 10.6 Å². The normalized spacial score (nSPS) is 10.7. The molecule has 31 heavy (non-hydrogen) atoms. The monoisotopic (exact) mass is 437 g/mol. The van der Waals surface area contributed by atoms with Crippen LogP contribution in [0.15, 0.2) is 47.6 Å². The summed E-state index contributed by atoms with van der Waals surface area (Å²) in [4.78, 5) is 24.9. The molecular formula is C23H27N5O2S. The van der Waals surface area contributed by atoms with Crippen molar-refractivity contribution in [2.75, 3.05) is 16.4 Å². The maximum atomic E-state index is 12.5. The number of thioether (sulfide) groups is 1. The van der Waals surface area contributed by atoms with Gasteiger partial charge in [0.2, 0.25) is 11.8 Å². The molecule has 0 saturated heterocycles. The zero-order valence-electron chi connectivity index (χ0n) is 18.2. The molecule has 0 saturated carbocycles. The van der Waals surface area contributed by atoms with Gasteiger partial charge in [-0.2, -0.15) is 0 Å². The molecule has 0 fully saturated rings. The predicted octanol–water partition coefficient (Wildman–Crippen LogP) is 4.14. The molecular weight excluding hydrogens is 410 g/mol. The van der Waals surface area contributed by atoms with Crippen molar-refractivity contribution in [2.24, 2.45) is 0 Å². The van der Waals surface area contributed by atoms with Crippen LogP contribution >= 0.6 is 11.8 Å². The molecule has 0 aliphatic heterocycles. The third-order valence-electron chi connectivity index (χ3n) is 4.93. The average Bonchev–Trinajstić information content (AvgIpc) is 3.12. The summed E-state index contributed by atoms with van der Waals surface area (Å²) in [7, 11) is 0. The van der Waals surface area contributed by atoms with E-state index in [9.17, 15) is 9.59 Å². The second-order valence-electron chi connectivity index (χ2n) is 7.29. The van der Waals surface area contributed by atoms with E-state index in [-0.39, 0.29) is 24.0 Å². The number of hydrogen-bond acceptors (Lipinski definition) is 5. The molecule has 0 aliphatic carbocycles. The van der Waals surface area contributed by atoms with Gasteiger partial charge >= 0.3 is 0 Å². The molecule has 1 heterocycles. The number of aromatic nitrogens is 3. The van der Waals surface area contributed by atoms with E-state index in [1.807, 2.05) is 74.7 Å². The number of carbonyl (C=O) groups is 2. The SMILES string of the molecule is CCn1c(CC(=O)Nc2ccccc2C)nnc1SCC(=O)Nc1c(C)cccc1C. The molecule has 8 heteroatoms. The van der Waals surface area contributed by atoms with Gasteiger partial charge in [-0.25, -0.2) is 0 Å². The summed E-state index contributed by atoms with van der Waals surface area (Å²) in [5.41, 5.74) is 4.68. The Labute approximate surface area is 186 Å². The third-order valence-corrected chi connectivity index (χ3v) is 5.89. The van der Waals surface area contributed by atoms with Crippen molar-refractivity contribution in [1.29, 1.82) is 0 Å². The van der Waals surface area contributed by atoms with E-state index in [0.717, 1.165) is 28.1 Å². The molecule has 2 aromatic carbocycles. The molecule has 1 aromatic heterocycles. The summed E-state index contributed by atoms with van der Waals surface area (Å²) >= 11 is 1.31. The fourth-order valence-corrected chi connectivity index (χ4v) is 4.06. The van der Waals surface area contributed by atoms with E-state index < -0.39 is 0 Å². The fraction of sp³-hybridized carbons (Fsp3) is 0.304. The lowest BCUT2D eigenvalue weighted by Gasteiger charge is -2.11. The number of anilines is 2. The van der Waals surface area contributed by atoms with Crippen molar-refractivity contribution >= 4 is 35.0 Å². The molecule has 162 valence electrons. The summed E-state index contributed by atoms with van der Waals surface area (Å²) in [6.07, 6.45) is 0.115. The molecule has 0 unspecified atom stereocenters. The van der Waals surface area contributed by atoms with Crippen molar-refractivity contribution in [2.45, 2.75) is 45.8 Å². The number of para-hydroxylation sites is 2. The molecule has 0 spiro atoms. The van der Waals surface area contributed by atoms with Crippen LogP contribution in [0.25, 0.3) is 0 Å². The molecule has 0 radical (unpaired) electrons. The standard InChI is InChI=1S/C23H27N5O2S/c1-5-28-19(13-20(29)24-18-12-7-6-9-15(18)2)26-27-23(28)31-14-21(30)25-22-16(3)10-8-11-17(22)4/h6-12H,5,13-14H2,1-4H3,(H,24,29)(H,25,30). The Balaban J connectivity index is 1.61. The van der Waals surface area contributed by atoms with Crippen molar-refractivity contribution < 1.29 is 9.59 Å². The summed E-state index contributed by atoms with van der Waals surface area (Å²) in [5.74, 6) is 0.528. The van der Waals surface area contributed by atoms with Gasteiger partial charge < -0.3 is 15.2 Å². The Hall–Kier alpha value is -3.13. The van der Waals surface area contributed by atoms with E-state index in [1.54, 1.807) is 0 Å². The molecule has 7 nitrogen and oxygen atoms in total. The van der Waals surface area contributed by atoms with Crippen molar-refractivity contribution in [3.05, 3.63) is 65.0 Å². The lowest BCUT2D eigenvalue weighted by atomic mass is 10.1. The van der Waals surface area contributed by atoms with Crippen LogP contribution in [0.1, 0.15) is 29.4 Å².